The van der Waals surface area contributed by atoms with Gasteiger partial charge in [-0.15, -0.1) is 0 Å². The highest BCUT2D eigenvalue weighted by atomic mass is 35.5. The maximum absolute atomic E-state index is 6.29. The summed E-state index contributed by atoms with van der Waals surface area (Å²) >= 11 is 7.57. The third-order valence-corrected chi connectivity index (χ3v) is 5.82. The number of anilines is 1. The van der Waals surface area contributed by atoms with Gasteiger partial charge in [0.05, 0.1) is 5.69 Å². The molecular formula is C22H21ClN6OS. The topological polar surface area (TPSA) is 104 Å². The van der Waals surface area contributed by atoms with E-state index in [1.165, 1.54) is 0 Å². The van der Waals surface area contributed by atoms with Crippen LogP contribution < -0.4 is 5.73 Å². The van der Waals surface area contributed by atoms with Crippen molar-refractivity contribution in [1.82, 2.24) is 25.1 Å². The molecule has 0 fully saturated rings. The van der Waals surface area contributed by atoms with E-state index < -0.39 is 0 Å². The van der Waals surface area contributed by atoms with Gasteiger partial charge in [-0.3, -0.25) is 4.98 Å². The molecule has 0 aliphatic rings. The van der Waals surface area contributed by atoms with Crippen LogP contribution in [0.4, 0.5) is 5.82 Å². The Hall–Kier alpha value is -2.97. The van der Waals surface area contributed by atoms with E-state index in [9.17, 15) is 0 Å². The van der Waals surface area contributed by atoms with Crippen molar-refractivity contribution < 1.29 is 4.52 Å². The van der Waals surface area contributed by atoms with E-state index in [4.69, 9.17) is 26.8 Å². The van der Waals surface area contributed by atoms with Crippen LogP contribution in [-0.2, 0) is 12.8 Å². The fraction of sp³-hybridized carbons (Fsp3) is 0.227. The molecule has 1 aromatic carbocycles. The lowest BCUT2D eigenvalue weighted by atomic mass is 10.0. The van der Waals surface area contributed by atoms with Crippen molar-refractivity contribution in [2.75, 3.05) is 11.5 Å². The number of rotatable bonds is 8. The molecule has 31 heavy (non-hydrogen) atoms. The fourth-order valence-corrected chi connectivity index (χ4v) is 4.05. The minimum atomic E-state index is 0.482. The van der Waals surface area contributed by atoms with Gasteiger partial charge in [0.1, 0.15) is 5.82 Å². The third kappa shape index (κ3) is 5.21. The molecule has 3 heterocycles. The number of halogens is 1. The quantitative estimate of drug-likeness (QED) is 0.223. The number of nitrogens with zero attached hydrogens (tertiary/aromatic N) is 5. The van der Waals surface area contributed by atoms with Crippen LogP contribution in [0.3, 0.4) is 0 Å². The van der Waals surface area contributed by atoms with Crippen molar-refractivity contribution in [2.24, 2.45) is 0 Å². The zero-order valence-corrected chi connectivity index (χ0v) is 18.5. The number of benzene rings is 1. The van der Waals surface area contributed by atoms with Crippen molar-refractivity contribution >= 4 is 29.2 Å². The summed E-state index contributed by atoms with van der Waals surface area (Å²) in [6.07, 6.45) is 5.71. The molecule has 0 bridgehead atoms. The van der Waals surface area contributed by atoms with Crippen LogP contribution in [0, 0.1) is 0 Å². The third-order valence-electron chi connectivity index (χ3n) is 4.63. The molecule has 158 valence electrons. The van der Waals surface area contributed by atoms with Gasteiger partial charge in [0.2, 0.25) is 11.7 Å². The first-order chi connectivity index (χ1) is 15.1. The number of hydrogen-bond donors (Lipinski definition) is 1. The highest BCUT2D eigenvalue weighted by Crippen LogP contribution is 2.31. The Morgan fingerprint density at radius 2 is 1.77 bits per heavy atom. The summed E-state index contributed by atoms with van der Waals surface area (Å²) in [7, 11) is 0. The van der Waals surface area contributed by atoms with E-state index in [2.05, 4.69) is 27.0 Å². The number of nitrogens with two attached hydrogens (primary N) is 1. The number of aromatic nitrogens is 5. The lowest BCUT2D eigenvalue weighted by Crippen LogP contribution is -2.04. The second-order valence-corrected chi connectivity index (χ2v) is 8.27. The first-order valence-electron chi connectivity index (χ1n) is 9.92. The van der Waals surface area contributed by atoms with Gasteiger partial charge < -0.3 is 10.3 Å². The summed E-state index contributed by atoms with van der Waals surface area (Å²) in [6.45, 7) is 2.06. The van der Waals surface area contributed by atoms with Gasteiger partial charge in [0.25, 0.3) is 0 Å². The summed E-state index contributed by atoms with van der Waals surface area (Å²) in [6, 6.07) is 11.3. The predicted octanol–water partition coefficient (Wildman–Crippen LogP) is 5.11. The SMILES string of the molecule is CCc1nc(SCCCc2nc(-c3ccncc3)no2)nc(N)c1-c1ccc(Cl)cc1. The summed E-state index contributed by atoms with van der Waals surface area (Å²) < 4.78 is 5.35. The first kappa shape index (κ1) is 21.3. The molecule has 4 aromatic rings. The van der Waals surface area contributed by atoms with Crippen molar-refractivity contribution in [3.8, 4) is 22.5 Å². The summed E-state index contributed by atoms with van der Waals surface area (Å²) in [4.78, 5) is 17.7. The summed E-state index contributed by atoms with van der Waals surface area (Å²) in [5.41, 5.74) is 9.94. The van der Waals surface area contributed by atoms with Crippen molar-refractivity contribution in [3.63, 3.8) is 0 Å². The van der Waals surface area contributed by atoms with Crippen LogP contribution >= 0.6 is 23.4 Å². The van der Waals surface area contributed by atoms with Crippen LogP contribution in [0.15, 0.2) is 58.5 Å². The van der Waals surface area contributed by atoms with Crippen LogP contribution in [0.5, 0.6) is 0 Å². The molecule has 0 aliphatic carbocycles. The Kier molecular flexibility index (Phi) is 6.79. The van der Waals surface area contributed by atoms with E-state index in [0.717, 1.165) is 41.0 Å². The summed E-state index contributed by atoms with van der Waals surface area (Å²) in [5.74, 6) is 2.48. The first-order valence-corrected chi connectivity index (χ1v) is 11.3. The molecule has 4 rings (SSSR count). The molecule has 0 saturated heterocycles. The molecule has 0 saturated carbocycles. The normalized spacial score (nSPS) is 11.0. The molecule has 2 N–H and O–H groups in total. The smallest absolute Gasteiger partial charge is 0.226 e. The Morgan fingerprint density at radius 3 is 2.52 bits per heavy atom. The largest absolute Gasteiger partial charge is 0.383 e. The van der Waals surface area contributed by atoms with Gasteiger partial charge in [0, 0.05) is 40.7 Å². The maximum atomic E-state index is 6.29. The zero-order chi connectivity index (χ0) is 21.6. The number of nitrogen functional groups attached to an aromatic ring is 1. The molecule has 0 spiro atoms. The van der Waals surface area contributed by atoms with E-state index in [1.54, 1.807) is 24.2 Å². The maximum Gasteiger partial charge on any atom is 0.226 e. The molecule has 9 heteroatoms. The highest BCUT2D eigenvalue weighted by Gasteiger charge is 2.14. The monoisotopic (exact) mass is 452 g/mol. The van der Waals surface area contributed by atoms with Crippen molar-refractivity contribution in [2.45, 2.75) is 31.3 Å². The molecule has 0 aliphatic heterocycles. The Morgan fingerprint density at radius 1 is 1.00 bits per heavy atom. The van der Waals surface area contributed by atoms with Crippen LogP contribution in [-0.4, -0.2) is 30.8 Å². The van der Waals surface area contributed by atoms with E-state index in [-0.39, 0.29) is 0 Å². The minimum absolute atomic E-state index is 0.482. The molecule has 0 amide bonds. The number of aryl methyl sites for hydroxylation is 2. The average Bonchev–Trinajstić information content (AvgIpc) is 3.27. The molecule has 7 nitrogen and oxygen atoms in total. The number of pyridine rings is 1. The van der Waals surface area contributed by atoms with Crippen LogP contribution in [0.1, 0.15) is 24.9 Å². The minimum Gasteiger partial charge on any atom is -0.383 e. The predicted molar refractivity (Wildman–Crippen MR) is 123 cm³/mol. The average molecular weight is 453 g/mol. The van der Waals surface area contributed by atoms with Crippen molar-refractivity contribution in [3.05, 3.63) is 65.4 Å². The molecule has 0 atom stereocenters. The van der Waals surface area contributed by atoms with Gasteiger partial charge in [-0.25, -0.2) is 9.97 Å². The van der Waals surface area contributed by atoms with Crippen LogP contribution in [0.2, 0.25) is 5.02 Å². The van der Waals surface area contributed by atoms with Gasteiger partial charge in [0.15, 0.2) is 5.16 Å². The number of hydrogen-bond acceptors (Lipinski definition) is 8. The van der Waals surface area contributed by atoms with Gasteiger partial charge in [-0.1, -0.05) is 47.6 Å². The van der Waals surface area contributed by atoms with Gasteiger partial charge >= 0.3 is 0 Å². The Balaban J connectivity index is 1.37. The van der Waals surface area contributed by atoms with Gasteiger partial charge in [-0.05, 0) is 42.7 Å². The fourth-order valence-electron chi connectivity index (χ4n) is 3.12. The Labute approximate surface area is 189 Å². The summed E-state index contributed by atoms with van der Waals surface area (Å²) in [5, 5.41) is 5.39. The van der Waals surface area contributed by atoms with E-state index in [0.29, 0.717) is 34.1 Å². The van der Waals surface area contributed by atoms with Gasteiger partial charge in [-0.2, -0.15) is 4.98 Å². The lowest BCUT2D eigenvalue weighted by Gasteiger charge is -2.12. The molecule has 3 aromatic heterocycles. The lowest BCUT2D eigenvalue weighted by molar-refractivity contribution is 0.378. The zero-order valence-electron chi connectivity index (χ0n) is 17.0. The second-order valence-electron chi connectivity index (χ2n) is 6.77. The van der Waals surface area contributed by atoms with E-state index >= 15 is 0 Å². The Bertz CT molecular complexity index is 1150. The second kappa shape index (κ2) is 9.89. The van der Waals surface area contributed by atoms with E-state index in [1.807, 2.05) is 36.4 Å². The molecule has 0 unspecified atom stereocenters. The standard InChI is InChI=1S/C22H21ClN6OS/c1-2-17-19(14-5-7-16(23)8-6-14)20(24)28-22(26-17)31-13-3-4-18-27-21(29-30-18)15-9-11-25-12-10-15/h5-12H,2-4,13H2,1H3,(H2,24,26,28). The molecular weight excluding hydrogens is 432 g/mol. The van der Waals surface area contributed by atoms with Crippen LogP contribution in [0.25, 0.3) is 22.5 Å². The number of thioether (sulfide) groups is 1. The van der Waals surface area contributed by atoms with Crippen molar-refractivity contribution in [1.29, 1.82) is 0 Å². The molecule has 0 radical (unpaired) electrons. The highest BCUT2D eigenvalue weighted by molar-refractivity contribution is 7.99.